The fraction of sp³-hybridized carbons (Fsp3) is 0.250. The topological polar surface area (TPSA) is 131 Å². The number of fused-ring (bicyclic) bond motifs is 1. The molecule has 8 nitrogen and oxygen atoms in total. The maximum atomic E-state index is 12.4. The molecule has 0 spiro atoms. The highest BCUT2D eigenvalue weighted by atomic mass is 35.5. The van der Waals surface area contributed by atoms with E-state index >= 15 is 0 Å². The molecule has 3 aromatic rings. The van der Waals surface area contributed by atoms with Gasteiger partial charge < -0.3 is 9.88 Å². The Hall–Kier alpha value is -2.58. The number of primary sulfonamides is 1. The van der Waals surface area contributed by atoms with Gasteiger partial charge in [-0.15, -0.1) is 0 Å². The van der Waals surface area contributed by atoms with Crippen LogP contribution in [0.3, 0.4) is 0 Å². The van der Waals surface area contributed by atoms with Crippen molar-refractivity contribution in [1.29, 1.82) is 5.26 Å². The third-order valence-electron chi connectivity index (χ3n) is 4.45. The number of imidazole rings is 1. The summed E-state index contributed by atoms with van der Waals surface area (Å²) in [7, 11) is -3.83. The maximum absolute atomic E-state index is 12.4. The molecular weight excluding hydrogens is 458 g/mol. The summed E-state index contributed by atoms with van der Waals surface area (Å²) in [6.45, 7) is 2.76. The minimum atomic E-state index is -3.83. The monoisotopic (exact) mass is 477 g/mol. The number of sulfonamides is 1. The van der Waals surface area contributed by atoms with Gasteiger partial charge in [0, 0.05) is 12.2 Å². The van der Waals surface area contributed by atoms with Gasteiger partial charge in [0.15, 0.2) is 5.16 Å². The number of nitriles is 1. The first-order valence-corrected chi connectivity index (χ1v) is 12.3. The Morgan fingerprint density at radius 1 is 1.32 bits per heavy atom. The number of nitrogens with two attached hydrogens (primary N) is 1. The van der Waals surface area contributed by atoms with E-state index < -0.39 is 10.0 Å². The minimum absolute atomic E-state index is 0.00729. The second kappa shape index (κ2) is 9.70. The number of carbonyl (C=O) groups excluding carboxylic acids is 1. The Labute approximate surface area is 189 Å². The van der Waals surface area contributed by atoms with Gasteiger partial charge in [-0.1, -0.05) is 36.7 Å². The van der Waals surface area contributed by atoms with Gasteiger partial charge in [0.05, 0.1) is 32.3 Å². The lowest BCUT2D eigenvalue weighted by molar-refractivity contribution is -0.113. The molecule has 0 aliphatic rings. The molecule has 162 valence electrons. The number of aryl methyl sites for hydroxylation is 1. The molecule has 0 saturated heterocycles. The van der Waals surface area contributed by atoms with Crippen LogP contribution in [0.15, 0.2) is 46.5 Å². The third kappa shape index (κ3) is 5.57. The van der Waals surface area contributed by atoms with E-state index in [1.807, 2.05) is 10.6 Å². The van der Waals surface area contributed by atoms with E-state index in [4.69, 9.17) is 22.0 Å². The molecule has 0 bridgehead atoms. The van der Waals surface area contributed by atoms with Crippen LogP contribution < -0.4 is 10.5 Å². The minimum Gasteiger partial charge on any atom is -0.325 e. The molecule has 1 aromatic heterocycles. The van der Waals surface area contributed by atoms with Crippen molar-refractivity contribution in [3.63, 3.8) is 0 Å². The van der Waals surface area contributed by atoms with Gasteiger partial charge in [-0.3, -0.25) is 4.79 Å². The first-order valence-electron chi connectivity index (χ1n) is 9.38. The normalized spacial score (nSPS) is 11.4. The number of anilines is 1. The number of thioether (sulfide) groups is 1. The molecule has 0 aliphatic heterocycles. The van der Waals surface area contributed by atoms with E-state index in [1.54, 1.807) is 18.2 Å². The van der Waals surface area contributed by atoms with Gasteiger partial charge in [-0.05, 0) is 42.8 Å². The second-order valence-electron chi connectivity index (χ2n) is 6.74. The molecule has 1 heterocycles. The quantitative estimate of drug-likeness (QED) is 0.475. The Bertz CT molecular complexity index is 1280. The van der Waals surface area contributed by atoms with Crippen LogP contribution >= 0.6 is 23.4 Å². The van der Waals surface area contributed by atoms with Crippen molar-refractivity contribution in [1.82, 2.24) is 9.55 Å². The fourth-order valence-electron chi connectivity index (χ4n) is 2.92. The van der Waals surface area contributed by atoms with Crippen molar-refractivity contribution in [2.24, 2.45) is 5.14 Å². The van der Waals surface area contributed by atoms with Crippen LogP contribution in [0.25, 0.3) is 11.0 Å². The van der Waals surface area contributed by atoms with Crippen molar-refractivity contribution in [2.45, 2.75) is 36.4 Å². The number of nitrogens with zero attached hydrogens (tertiary/aromatic N) is 3. The zero-order chi connectivity index (χ0) is 22.6. The lowest BCUT2D eigenvalue weighted by Crippen LogP contribution is -2.14. The number of halogens is 1. The van der Waals surface area contributed by atoms with Crippen molar-refractivity contribution in [2.75, 3.05) is 11.1 Å². The highest BCUT2D eigenvalue weighted by Gasteiger charge is 2.16. The second-order valence-corrected chi connectivity index (χ2v) is 9.65. The molecule has 0 atom stereocenters. The number of amides is 1. The van der Waals surface area contributed by atoms with Crippen molar-refractivity contribution in [3.05, 3.63) is 47.0 Å². The predicted molar refractivity (Wildman–Crippen MR) is 122 cm³/mol. The van der Waals surface area contributed by atoms with Crippen molar-refractivity contribution >= 4 is 56.0 Å². The summed E-state index contributed by atoms with van der Waals surface area (Å²) >= 11 is 7.25. The van der Waals surface area contributed by atoms with Gasteiger partial charge in [0.1, 0.15) is 6.07 Å². The Morgan fingerprint density at radius 3 is 2.74 bits per heavy atom. The van der Waals surface area contributed by atoms with Crippen LogP contribution in [0.4, 0.5) is 5.69 Å². The first-order chi connectivity index (χ1) is 14.7. The molecule has 2 aromatic carbocycles. The van der Waals surface area contributed by atoms with E-state index in [-0.39, 0.29) is 21.6 Å². The van der Waals surface area contributed by atoms with Gasteiger partial charge >= 0.3 is 0 Å². The number of carbonyl (C=O) groups is 1. The van der Waals surface area contributed by atoms with Crippen LogP contribution in [0, 0.1) is 11.3 Å². The number of unbranched alkanes of at least 4 members (excludes halogenated alkanes) is 1. The summed E-state index contributed by atoms with van der Waals surface area (Å²) in [5, 5.41) is 17.8. The van der Waals surface area contributed by atoms with E-state index in [0.29, 0.717) is 28.5 Å². The highest BCUT2D eigenvalue weighted by molar-refractivity contribution is 7.99. The molecule has 0 fully saturated rings. The van der Waals surface area contributed by atoms with Crippen LogP contribution in [0.2, 0.25) is 5.02 Å². The first kappa shape index (κ1) is 23.1. The lowest BCUT2D eigenvalue weighted by Gasteiger charge is -2.09. The molecule has 11 heteroatoms. The van der Waals surface area contributed by atoms with Gasteiger partial charge in [-0.25, -0.2) is 18.5 Å². The average Bonchev–Trinajstić information content (AvgIpc) is 3.07. The maximum Gasteiger partial charge on any atom is 0.238 e. The molecule has 3 rings (SSSR count). The zero-order valence-electron chi connectivity index (χ0n) is 16.6. The predicted octanol–water partition coefficient (Wildman–Crippen LogP) is 3.74. The summed E-state index contributed by atoms with van der Waals surface area (Å²) < 4.78 is 25.3. The number of aromatic nitrogens is 2. The van der Waals surface area contributed by atoms with E-state index in [2.05, 4.69) is 17.2 Å². The van der Waals surface area contributed by atoms with Gasteiger partial charge in [0.25, 0.3) is 0 Å². The van der Waals surface area contributed by atoms with Gasteiger partial charge in [-0.2, -0.15) is 5.26 Å². The number of hydrogen-bond acceptors (Lipinski definition) is 6. The number of nitrogens with one attached hydrogen (secondary N) is 1. The van der Waals surface area contributed by atoms with Crippen LogP contribution in [0.5, 0.6) is 0 Å². The molecular formula is C20H20ClN5O3S2. The number of benzene rings is 2. The standard InChI is InChI=1S/C20H20ClN5O3S2/c1-2-3-8-26-18-7-6-15(31(23,28)29)10-17(18)25-20(26)30-12-19(27)24-14-5-4-13(11-22)16(21)9-14/h4-7,9-10H,2-3,8,12H2,1H3,(H,24,27)(H2,23,28,29). The van der Waals surface area contributed by atoms with E-state index in [0.717, 1.165) is 18.4 Å². The van der Waals surface area contributed by atoms with Crippen molar-refractivity contribution < 1.29 is 13.2 Å². The number of hydrogen-bond donors (Lipinski definition) is 2. The Kier molecular flexibility index (Phi) is 7.23. The highest BCUT2D eigenvalue weighted by Crippen LogP contribution is 2.27. The Balaban J connectivity index is 1.80. The Morgan fingerprint density at radius 2 is 2.10 bits per heavy atom. The van der Waals surface area contributed by atoms with Crippen molar-refractivity contribution in [3.8, 4) is 6.07 Å². The van der Waals surface area contributed by atoms with E-state index in [1.165, 1.54) is 30.0 Å². The SMILES string of the molecule is CCCCn1c(SCC(=O)Nc2ccc(C#N)c(Cl)c2)nc2cc(S(N)(=O)=O)ccc21. The zero-order valence-corrected chi connectivity index (χ0v) is 19.0. The van der Waals surface area contributed by atoms with E-state index in [9.17, 15) is 13.2 Å². The third-order valence-corrected chi connectivity index (χ3v) is 6.65. The fourth-order valence-corrected chi connectivity index (χ4v) is 4.51. The summed E-state index contributed by atoms with van der Waals surface area (Å²) in [5.74, 6) is -0.167. The molecule has 31 heavy (non-hydrogen) atoms. The summed E-state index contributed by atoms with van der Waals surface area (Å²) in [4.78, 5) is 16.9. The number of rotatable bonds is 8. The average molecular weight is 478 g/mol. The summed E-state index contributed by atoms with van der Waals surface area (Å²) in [6, 6.07) is 11.2. The molecule has 0 unspecified atom stereocenters. The lowest BCUT2D eigenvalue weighted by atomic mass is 10.2. The molecule has 1 amide bonds. The van der Waals surface area contributed by atoms with Crippen LogP contribution in [-0.2, 0) is 21.4 Å². The summed E-state index contributed by atoms with van der Waals surface area (Å²) in [5.41, 5.74) is 2.11. The van der Waals surface area contributed by atoms with Crippen LogP contribution in [-0.4, -0.2) is 29.6 Å². The molecule has 3 N–H and O–H groups in total. The molecule has 0 saturated carbocycles. The summed E-state index contributed by atoms with van der Waals surface area (Å²) in [6.07, 6.45) is 1.88. The smallest absolute Gasteiger partial charge is 0.238 e. The molecule has 0 aliphatic carbocycles. The van der Waals surface area contributed by atoms with Gasteiger partial charge in [0.2, 0.25) is 15.9 Å². The largest absolute Gasteiger partial charge is 0.325 e. The molecule has 0 radical (unpaired) electrons. The van der Waals surface area contributed by atoms with Crippen LogP contribution in [0.1, 0.15) is 25.3 Å².